The lowest BCUT2D eigenvalue weighted by Crippen LogP contribution is -2.23. The highest BCUT2D eigenvalue weighted by molar-refractivity contribution is 5.35. The summed E-state index contributed by atoms with van der Waals surface area (Å²) in [6, 6.07) is 4.95. The molecule has 0 saturated carbocycles. The van der Waals surface area contributed by atoms with Gasteiger partial charge in [0, 0.05) is 30.6 Å². The van der Waals surface area contributed by atoms with E-state index in [1.165, 1.54) is 10.7 Å². The normalized spacial score (nSPS) is 10.3. The molecule has 2 heterocycles. The van der Waals surface area contributed by atoms with Crippen LogP contribution in [0.3, 0.4) is 0 Å². The minimum absolute atomic E-state index is 0.160. The van der Waals surface area contributed by atoms with E-state index in [9.17, 15) is 4.79 Å². The summed E-state index contributed by atoms with van der Waals surface area (Å²) in [5, 5.41) is 7.11. The first kappa shape index (κ1) is 12.2. The molecule has 2 aromatic rings. The van der Waals surface area contributed by atoms with E-state index < -0.39 is 0 Å². The lowest BCUT2D eigenvalue weighted by molar-refractivity contribution is 0.613. The van der Waals surface area contributed by atoms with E-state index in [1.807, 2.05) is 19.9 Å². The predicted octanol–water partition coefficient (Wildman–Crippen LogP) is 0.822. The molecular weight excluding hydrogens is 230 g/mol. The van der Waals surface area contributed by atoms with Crippen LogP contribution in [0.1, 0.15) is 18.4 Å². The van der Waals surface area contributed by atoms with Gasteiger partial charge in [0.05, 0.1) is 0 Å². The van der Waals surface area contributed by atoms with Gasteiger partial charge < -0.3 is 5.32 Å². The highest BCUT2D eigenvalue weighted by Gasteiger charge is 2.04. The molecule has 6 nitrogen and oxygen atoms in total. The highest BCUT2D eigenvalue weighted by Crippen LogP contribution is 2.06. The fourth-order valence-electron chi connectivity index (χ4n) is 1.61. The zero-order chi connectivity index (χ0) is 13.0. The smallest absolute Gasteiger partial charge is 0.267 e. The maximum Gasteiger partial charge on any atom is 0.267 e. The third-order valence-electron chi connectivity index (χ3n) is 2.33. The SMILES string of the molecule is CCNc1cc(C)nc(Cn2ncccc2=O)n1. The predicted molar refractivity (Wildman–Crippen MR) is 68.5 cm³/mol. The molecule has 6 heteroatoms. The van der Waals surface area contributed by atoms with E-state index in [4.69, 9.17) is 0 Å². The number of hydrogen-bond acceptors (Lipinski definition) is 5. The van der Waals surface area contributed by atoms with Crippen molar-refractivity contribution in [1.82, 2.24) is 19.7 Å². The van der Waals surface area contributed by atoms with Crippen molar-refractivity contribution in [2.24, 2.45) is 0 Å². The van der Waals surface area contributed by atoms with E-state index in [-0.39, 0.29) is 12.1 Å². The van der Waals surface area contributed by atoms with Gasteiger partial charge in [0.15, 0.2) is 5.82 Å². The molecule has 0 aromatic carbocycles. The first-order valence-electron chi connectivity index (χ1n) is 5.79. The van der Waals surface area contributed by atoms with Crippen molar-refractivity contribution < 1.29 is 0 Å². The van der Waals surface area contributed by atoms with Crippen LogP contribution in [0.2, 0.25) is 0 Å². The van der Waals surface area contributed by atoms with Crippen molar-refractivity contribution in [2.45, 2.75) is 20.4 Å². The van der Waals surface area contributed by atoms with Gasteiger partial charge in [-0.2, -0.15) is 5.10 Å². The van der Waals surface area contributed by atoms with Crippen LogP contribution in [0, 0.1) is 6.92 Å². The van der Waals surface area contributed by atoms with Crippen molar-refractivity contribution in [3.05, 3.63) is 46.3 Å². The maximum atomic E-state index is 11.5. The van der Waals surface area contributed by atoms with Gasteiger partial charge in [-0.1, -0.05) is 0 Å². The molecule has 0 aliphatic carbocycles. The summed E-state index contributed by atoms with van der Waals surface area (Å²) in [7, 11) is 0. The van der Waals surface area contributed by atoms with Gasteiger partial charge in [0.25, 0.3) is 5.56 Å². The minimum atomic E-state index is -0.160. The van der Waals surface area contributed by atoms with Crippen LogP contribution in [0.4, 0.5) is 5.82 Å². The molecule has 0 radical (unpaired) electrons. The molecule has 0 unspecified atom stereocenters. The van der Waals surface area contributed by atoms with E-state index in [0.717, 1.165) is 18.1 Å². The topological polar surface area (TPSA) is 72.7 Å². The lowest BCUT2D eigenvalue weighted by atomic mass is 10.4. The average molecular weight is 245 g/mol. The fraction of sp³-hybridized carbons (Fsp3) is 0.333. The van der Waals surface area contributed by atoms with Crippen LogP contribution in [0.25, 0.3) is 0 Å². The average Bonchev–Trinajstić information content (AvgIpc) is 2.32. The molecule has 94 valence electrons. The molecular formula is C12H15N5O. The molecule has 2 aromatic heterocycles. The third kappa shape index (κ3) is 2.91. The molecule has 0 amide bonds. The number of aryl methyl sites for hydroxylation is 1. The summed E-state index contributed by atoms with van der Waals surface area (Å²) < 4.78 is 1.34. The Labute approximate surface area is 105 Å². The first-order valence-corrected chi connectivity index (χ1v) is 5.79. The Morgan fingerprint density at radius 3 is 2.94 bits per heavy atom. The number of aromatic nitrogens is 4. The molecule has 0 bridgehead atoms. The second kappa shape index (κ2) is 5.39. The summed E-state index contributed by atoms with van der Waals surface area (Å²) in [5.74, 6) is 1.34. The van der Waals surface area contributed by atoms with Crippen LogP contribution >= 0.6 is 0 Å². The van der Waals surface area contributed by atoms with Crippen molar-refractivity contribution in [3.63, 3.8) is 0 Å². The van der Waals surface area contributed by atoms with Gasteiger partial charge in [-0.15, -0.1) is 0 Å². The number of anilines is 1. The molecule has 1 N–H and O–H groups in total. The van der Waals surface area contributed by atoms with Crippen LogP contribution in [-0.2, 0) is 6.54 Å². The van der Waals surface area contributed by atoms with Crippen LogP contribution in [0.15, 0.2) is 29.2 Å². The van der Waals surface area contributed by atoms with Crippen molar-refractivity contribution >= 4 is 5.82 Å². The lowest BCUT2D eigenvalue weighted by Gasteiger charge is -2.07. The molecule has 0 aliphatic heterocycles. The summed E-state index contributed by atoms with van der Waals surface area (Å²) in [5.41, 5.74) is 0.701. The van der Waals surface area contributed by atoms with Gasteiger partial charge in [-0.25, -0.2) is 14.6 Å². The zero-order valence-electron chi connectivity index (χ0n) is 10.4. The van der Waals surface area contributed by atoms with Crippen molar-refractivity contribution in [2.75, 3.05) is 11.9 Å². The van der Waals surface area contributed by atoms with Gasteiger partial charge in [-0.3, -0.25) is 4.79 Å². The third-order valence-corrected chi connectivity index (χ3v) is 2.33. The summed E-state index contributed by atoms with van der Waals surface area (Å²) in [6.45, 7) is 4.97. The summed E-state index contributed by atoms with van der Waals surface area (Å²) in [4.78, 5) is 20.2. The molecule has 0 atom stereocenters. The van der Waals surface area contributed by atoms with Crippen LogP contribution in [0.5, 0.6) is 0 Å². The van der Waals surface area contributed by atoms with Crippen LogP contribution < -0.4 is 10.9 Å². The number of hydrogen-bond donors (Lipinski definition) is 1. The monoisotopic (exact) mass is 245 g/mol. The standard InChI is InChI=1S/C12H15N5O/c1-3-13-10-7-9(2)15-11(16-10)8-17-12(18)5-4-6-14-17/h4-7H,3,8H2,1-2H3,(H,13,15,16). The van der Waals surface area contributed by atoms with E-state index >= 15 is 0 Å². The number of rotatable bonds is 4. The second-order valence-electron chi connectivity index (χ2n) is 3.86. The molecule has 18 heavy (non-hydrogen) atoms. The van der Waals surface area contributed by atoms with E-state index in [0.29, 0.717) is 5.82 Å². The van der Waals surface area contributed by atoms with Gasteiger partial charge in [-0.05, 0) is 19.9 Å². The Hall–Kier alpha value is -2.24. The van der Waals surface area contributed by atoms with Crippen molar-refractivity contribution in [3.8, 4) is 0 Å². The Morgan fingerprint density at radius 1 is 1.39 bits per heavy atom. The largest absolute Gasteiger partial charge is 0.370 e. The first-order chi connectivity index (χ1) is 8.69. The molecule has 0 spiro atoms. The van der Waals surface area contributed by atoms with Crippen LogP contribution in [-0.4, -0.2) is 26.3 Å². The van der Waals surface area contributed by atoms with E-state index in [1.54, 1.807) is 12.3 Å². The Balaban J connectivity index is 2.29. The van der Waals surface area contributed by atoms with E-state index in [2.05, 4.69) is 20.4 Å². The number of nitrogens with zero attached hydrogens (tertiary/aromatic N) is 4. The maximum absolute atomic E-state index is 11.5. The summed E-state index contributed by atoms with van der Waals surface area (Å²) >= 11 is 0. The minimum Gasteiger partial charge on any atom is -0.370 e. The Kier molecular flexibility index (Phi) is 3.66. The Morgan fingerprint density at radius 2 is 2.22 bits per heavy atom. The molecule has 2 rings (SSSR count). The molecule has 0 fully saturated rings. The number of nitrogens with one attached hydrogen (secondary N) is 1. The quantitative estimate of drug-likeness (QED) is 0.863. The second-order valence-corrected chi connectivity index (χ2v) is 3.86. The van der Waals surface area contributed by atoms with Gasteiger partial charge in [0.1, 0.15) is 12.4 Å². The highest BCUT2D eigenvalue weighted by atomic mass is 16.1. The van der Waals surface area contributed by atoms with Gasteiger partial charge >= 0.3 is 0 Å². The Bertz CT molecular complexity index is 593. The fourth-order valence-corrected chi connectivity index (χ4v) is 1.61. The summed E-state index contributed by atoms with van der Waals surface area (Å²) in [6.07, 6.45) is 1.57. The molecule has 0 aliphatic rings. The van der Waals surface area contributed by atoms with Crippen molar-refractivity contribution in [1.29, 1.82) is 0 Å². The zero-order valence-corrected chi connectivity index (χ0v) is 10.4. The molecule has 0 saturated heterocycles. The van der Waals surface area contributed by atoms with Gasteiger partial charge in [0.2, 0.25) is 0 Å².